The van der Waals surface area contributed by atoms with Crippen molar-refractivity contribution < 1.29 is 0 Å². The summed E-state index contributed by atoms with van der Waals surface area (Å²) in [6, 6.07) is 0. The Morgan fingerprint density at radius 2 is 2.15 bits per heavy atom. The molecule has 0 aliphatic heterocycles. The van der Waals surface area contributed by atoms with Crippen molar-refractivity contribution >= 4 is 29.6 Å². The first-order valence-electron chi connectivity index (χ1n) is 4.67. The van der Waals surface area contributed by atoms with E-state index in [-0.39, 0.29) is 4.87 Å². The van der Waals surface area contributed by atoms with Crippen molar-refractivity contribution in [2.45, 2.75) is 44.9 Å². The lowest BCUT2D eigenvalue weighted by atomic mass is 10.2. The minimum atomic E-state index is -0.0927. The van der Waals surface area contributed by atoms with Crippen LogP contribution in [0.1, 0.15) is 40.0 Å². The van der Waals surface area contributed by atoms with E-state index in [1.807, 2.05) is 7.05 Å². The van der Waals surface area contributed by atoms with E-state index in [0.717, 1.165) is 24.3 Å². The maximum atomic E-state index is 4.53. The average Bonchev–Trinajstić information content (AvgIpc) is 2.06. The van der Waals surface area contributed by atoms with Crippen LogP contribution in [0.15, 0.2) is 4.99 Å². The Kier molecular flexibility index (Phi) is 6.91. The van der Waals surface area contributed by atoms with Gasteiger partial charge in [-0.05, 0) is 31.7 Å². The van der Waals surface area contributed by atoms with E-state index in [4.69, 9.17) is 0 Å². The van der Waals surface area contributed by atoms with E-state index in [9.17, 15) is 0 Å². The molecule has 0 fully saturated rings. The number of aliphatic imine (C=N–C) groups is 1. The number of thiol groups is 1. The van der Waals surface area contributed by atoms with Gasteiger partial charge in [-0.1, -0.05) is 20.3 Å². The SMILES string of the molecule is CCCC(C)(S)NSC(CC)=NC. The van der Waals surface area contributed by atoms with Gasteiger partial charge in [0.05, 0.1) is 9.91 Å². The second-order valence-corrected chi connectivity index (χ2v) is 5.07. The van der Waals surface area contributed by atoms with Crippen LogP contribution in [0, 0.1) is 0 Å². The average molecular weight is 220 g/mol. The van der Waals surface area contributed by atoms with Gasteiger partial charge in [0.1, 0.15) is 0 Å². The summed E-state index contributed by atoms with van der Waals surface area (Å²) in [5, 5.41) is 1.12. The minimum Gasteiger partial charge on any atom is -0.285 e. The highest BCUT2D eigenvalue weighted by Crippen LogP contribution is 2.20. The molecule has 0 saturated carbocycles. The lowest BCUT2D eigenvalue weighted by Gasteiger charge is -2.23. The fourth-order valence-corrected chi connectivity index (χ4v) is 2.02. The summed E-state index contributed by atoms with van der Waals surface area (Å²) >= 11 is 6.12. The lowest BCUT2D eigenvalue weighted by molar-refractivity contribution is 0.571. The van der Waals surface area contributed by atoms with Crippen LogP contribution < -0.4 is 4.72 Å². The van der Waals surface area contributed by atoms with Crippen LogP contribution in [0.2, 0.25) is 0 Å². The fourth-order valence-electron chi connectivity index (χ4n) is 0.983. The number of hydrogen-bond acceptors (Lipinski definition) is 4. The highest BCUT2D eigenvalue weighted by atomic mass is 32.2. The van der Waals surface area contributed by atoms with Crippen molar-refractivity contribution in [3.8, 4) is 0 Å². The Balaban J connectivity index is 3.85. The predicted octanol–water partition coefficient (Wildman–Crippen LogP) is 3.11. The van der Waals surface area contributed by atoms with Crippen molar-refractivity contribution in [1.82, 2.24) is 4.72 Å². The Labute approximate surface area is 91.5 Å². The van der Waals surface area contributed by atoms with E-state index in [0.29, 0.717) is 0 Å². The van der Waals surface area contributed by atoms with Gasteiger partial charge in [0.2, 0.25) is 0 Å². The first kappa shape index (κ1) is 13.3. The van der Waals surface area contributed by atoms with Crippen LogP contribution in [-0.4, -0.2) is 17.0 Å². The molecule has 1 unspecified atom stereocenters. The summed E-state index contributed by atoms with van der Waals surface area (Å²) in [5.41, 5.74) is 0. The number of rotatable bonds is 5. The molecule has 0 aromatic rings. The molecule has 0 radical (unpaired) electrons. The third kappa shape index (κ3) is 6.41. The molecular formula is C9H20N2S2. The maximum Gasteiger partial charge on any atom is 0.0821 e. The monoisotopic (exact) mass is 220 g/mol. The molecular weight excluding hydrogens is 200 g/mol. The summed E-state index contributed by atoms with van der Waals surface area (Å²) < 4.78 is 3.31. The van der Waals surface area contributed by atoms with Gasteiger partial charge >= 0.3 is 0 Å². The third-order valence-corrected chi connectivity index (χ3v) is 3.42. The van der Waals surface area contributed by atoms with Crippen LogP contribution in [-0.2, 0) is 0 Å². The molecule has 0 aromatic carbocycles. The summed E-state index contributed by atoms with van der Waals surface area (Å²) in [5.74, 6) is 0. The first-order valence-corrected chi connectivity index (χ1v) is 5.94. The maximum absolute atomic E-state index is 4.53. The van der Waals surface area contributed by atoms with Crippen molar-refractivity contribution in [2.24, 2.45) is 4.99 Å². The highest BCUT2D eigenvalue weighted by Gasteiger charge is 2.17. The molecule has 0 amide bonds. The molecule has 78 valence electrons. The van der Waals surface area contributed by atoms with Crippen LogP contribution in [0.25, 0.3) is 0 Å². The summed E-state index contributed by atoms with van der Waals surface area (Å²) in [6.45, 7) is 6.36. The quantitative estimate of drug-likeness (QED) is 0.245. The molecule has 0 aromatic heterocycles. The molecule has 2 nitrogen and oxygen atoms in total. The van der Waals surface area contributed by atoms with Gasteiger partial charge in [0, 0.05) is 7.05 Å². The Morgan fingerprint density at radius 1 is 1.54 bits per heavy atom. The smallest absolute Gasteiger partial charge is 0.0821 e. The second kappa shape index (κ2) is 6.74. The molecule has 1 N–H and O–H groups in total. The molecule has 0 saturated heterocycles. The molecule has 0 aliphatic carbocycles. The van der Waals surface area contributed by atoms with Gasteiger partial charge in [0.25, 0.3) is 0 Å². The third-order valence-electron chi connectivity index (χ3n) is 1.68. The van der Waals surface area contributed by atoms with E-state index in [1.165, 1.54) is 0 Å². The van der Waals surface area contributed by atoms with Crippen molar-refractivity contribution in [2.75, 3.05) is 7.05 Å². The van der Waals surface area contributed by atoms with Crippen molar-refractivity contribution in [3.05, 3.63) is 0 Å². The van der Waals surface area contributed by atoms with Gasteiger partial charge in [-0.2, -0.15) is 12.6 Å². The minimum absolute atomic E-state index is 0.0927. The highest BCUT2D eigenvalue weighted by molar-refractivity contribution is 8.12. The zero-order chi connectivity index (χ0) is 10.3. The largest absolute Gasteiger partial charge is 0.285 e. The zero-order valence-electron chi connectivity index (χ0n) is 8.92. The van der Waals surface area contributed by atoms with Crippen LogP contribution in [0.3, 0.4) is 0 Å². The Hall–Kier alpha value is 0.330. The number of nitrogens with zero attached hydrogens (tertiary/aromatic N) is 1. The predicted molar refractivity (Wildman–Crippen MR) is 66.7 cm³/mol. The molecule has 0 heterocycles. The van der Waals surface area contributed by atoms with Gasteiger partial charge in [-0.3, -0.25) is 4.99 Å². The van der Waals surface area contributed by atoms with E-state index < -0.39 is 0 Å². The molecule has 0 bridgehead atoms. The summed E-state index contributed by atoms with van der Waals surface area (Å²) in [7, 11) is 1.82. The van der Waals surface area contributed by atoms with Crippen molar-refractivity contribution in [1.29, 1.82) is 0 Å². The lowest BCUT2D eigenvalue weighted by Crippen LogP contribution is -2.32. The normalized spacial score (nSPS) is 17.2. The molecule has 0 aliphatic rings. The van der Waals surface area contributed by atoms with E-state index >= 15 is 0 Å². The molecule has 4 heteroatoms. The van der Waals surface area contributed by atoms with Gasteiger partial charge in [-0.25, -0.2) is 4.72 Å². The van der Waals surface area contributed by atoms with Gasteiger partial charge in [0.15, 0.2) is 0 Å². The number of nitrogens with one attached hydrogen (secondary N) is 1. The van der Waals surface area contributed by atoms with Gasteiger partial charge in [-0.15, -0.1) is 0 Å². The standard InChI is InChI=1S/C9H20N2S2/c1-5-7-9(3,12)11-13-8(6-2)10-4/h11-12H,5-7H2,1-4H3. The summed E-state index contributed by atoms with van der Waals surface area (Å²) in [6.07, 6.45) is 3.17. The Bertz CT molecular complexity index is 167. The van der Waals surface area contributed by atoms with Crippen molar-refractivity contribution in [3.63, 3.8) is 0 Å². The molecule has 1 atom stereocenters. The molecule has 0 rings (SSSR count). The second-order valence-electron chi connectivity index (χ2n) is 3.20. The molecule has 13 heavy (non-hydrogen) atoms. The first-order chi connectivity index (χ1) is 6.05. The number of hydrogen-bond donors (Lipinski definition) is 2. The van der Waals surface area contributed by atoms with Crippen LogP contribution in [0.5, 0.6) is 0 Å². The van der Waals surface area contributed by atoms with E-state index in [2.05, 4.69) is 43.1 Å². The topological polar surface area (TPSA) is 24.4 Å². The van der Waals surface area contributed by atoms with Crippen LogP contribution >= 0.6 is 24.6 Å². The zero-order valence-corrected chi connectivity index (χ0v) is 10.6. The van der Waals surface area contributed by atoms with Gasteiger partial charge < -0.3 is 0 Å². The molecule has 0 spiro atoms. The fraction of sp³-hybridized carbons (Fsp3) is 0.889. The van der Waals surface area contributed by atoms with Crippen LogP contribution in [0.4, 0.5) is 0 Å². The summed E-state index contributed by atoms with van der Waals surface area (Å²) in [4.78, 5) is 4.06. The van der Waals surface area contributed by atoms with E-state index in [1.54, 1.807) is 11.9 Å². The Morgan fingerprint density at radius 3 is 2.54 bits per heavy atom.